The van der Waals surface area contributed by atoms with Crippen molar-refractivity contribution in [1.29, 1.82) is 0 Å². The van der Waals surface area contributed by atoms with Crippen molar-refractivity contribution >= 4 is 47.3 Å². The van der Waals surface area contributed by atoms with Crippen LogP contribution in [-0.2, 0) is 105 Å². The number of aliphatic hydroxyl groups is 22. The molecule has 0 aromatic carbocycles. The van der Waals surface area contributed by atoms with Crippen LogP contribution in [0.3, 0.4) is 0 Å². The number of Topliss-reactive ketones (excluding diaryl/α,β-unsaturated/α-hetero) is 1. The zero-order chi connectivity index (χ0) is 109. The van der Waals surface area contributed by atoms with E-state index in [1.54, 1.807) is 0 Å². The molecule has 7 fully saturated rings. The van der Waals surface area contributed by atoms with Crippen molar-refractivity contribution in [2.45, 2.75) is 485 Å². The minimum absolute atomic E-state index is 0.0660. The number of carboxylic acids is 3. The van der Waals surface area contributed by atoms with Gasteiger partial charge in [0.2, 0.25) is 23.6 Å². The molecule has 51 nitrogen and oxygen atoms in total. The monoisotopic (exact) mass is 2130 g/mol. The van der Waals surface area contributed by atoms with E-state index in [1.165, 1.54) is 70.6 Å². The summed E-state index contributed by atoms with van der Waals surface area (Å²) in [5.74, 6) is -24.2. The summed E-state index contributed by atoms with van der Waals surface area (Å²) in [6, 6.07) is -7.37. The van der Waals surface area contributed by atoms with Crippen LogP contribution in [0.1, 0.15) is 247 Å². The second-order valence-corrected chi connectivity index (χ2v) is 39.5. The largest absolute Gasteiger partial charge is 0.477 e. The van der Waals surface area contributed by atoms with Gasteiger partial charge in [0.15, 0.2) is 25.2 Å². The highest BCUT2D eigenvalue weighted by Crippen LogP contribution is 2.46. The Morgan fingerprint density at radius 1 is 0.381 bits per heavy atom. The summed E-state index contributed by atoms with van der Waals surface area (Å²) in [6.07, 6.45) is -47.6. The average molecular weight is 2130 g/mol. The molecule has 0 aliphatic carbocycles. The number of amides is 4. The lowest BCUT2D eigenvalue weighted by Crippen LogP contribution is -2.72. The quantitative estimate of drug-likeness (QED) is 0.0199. The lowest BCUT2D eigenvalue weighted by atomic mass is 9.86. The lowest BCUT2D eigenvalue weighted by Gasteiger charge is -2.53. The summed E-state index contributed by atoms with van der Waals surface area (Å²) in [6.45, 7) is -2.11. The molecule has 3 unspecified atom stereocenters. The molecule has 7 aliphatic heterocycles. The highest BCUT2D eigenvalue weighted by atomic mass is 16.8. The first-order chi connectivity index (χ1) is 69.9. The van der Waals surface area contributed by atoms with E-state index in [-0.39, 0.29) is 12.8 Å². The lowest BCUT2D eigenvalue weighted by molar-refractivity contribution is -0.407. The van der Waals surface area contributed by atoms with Crippen LogP contribution in [0.2, 0.25) is 0 Å². The maximum Gasteiger partial charge on any atom is 0.364 e. The summed E-state index contributed by atoms with van der Waals surface area (Å²) >= 11 is 0. The molecule has 0 aromatic heterocycles. The topological polar surface area (TPSA) is 820 Å². The first-order valence-electron chi connectivity index (χ1n) is 51.6. The Morgan fingerprint density at radius 3 is 1.19 bits per heavy atom. The number of carbonyl (C=O) groups excluding carboxylic acids is 5. The molecule has 40 atom stereocenters. The predicted octanol–water partition coefficient (Wildman–Crippen LogP) is -5.60. The van der Waals surface area contributed by atoms with E-state index < -0.39 is 369 Å². The van der Waals surface area contributed by atoms with E-state index in [0.717, 1.165) is 111 Å². The Hall–Kier alpha value is -5.74. The summed E-state index contributed by atoms with van der Waals surface area (Å²) < 4.78 is 84.5. The van der Waals surface area contributed by atoms with Gasteiger partial charge in [-0.3, -0.25) is 19.2 Å². The summed E-state index contributed by atoms with van der Waals surface area (Å²) in [5.41, 5.74) is 0. The van der Waals surface area contributed by atoms with Gasteiger partial charge < -0.3 is 220 Å². The van der Waals surface area contributed by atoms with Gasteiger partial charge in [-0.2, -0.15) is 0 Å². The number of carboxylic acid groups (broad SMARTS) is 3. The first-order valence-corrected chi connectivity index (χ1v) is 51.6. The van der Waals surface area contributed by atoms with Crippen LogP contribution in [0, 0.1) is 5.92 Å². The minimum Gasteiger partial charge on any atom is -0.477 e. The average Bonchev–Trinajstić information content (AvgIpc) is 0.739. The Bertz CT molecular complexity index is 3910. The molecule has 4 amide bonds. The van der Waals surface area contributed by atoms with Crippen LogP contribution < -0.4 is 21.3 Å². The number of ketones is 1. The molecule has 0 spiro atoms. The second kappa shape index (κ2) is 63.3. The molecule has 0 radical (unpaired) electrons. The Balaban J connectivity index is 1.24. The Labute approximate surface area is 853 Å². The highest BCUT2D eigenvalue weighted by molar-refractivity contribution is 5.79. The van der Waals surface area contributed by atoms with Gasteiger partial charge >= 0.3 is 17.9 Å². The standard InChI is InChI=1S/C96H166N4O47/c1-7-9-11-13-15-17-19-21-22-24-26-28-30-32-34-36-66(117)100-54(55(112)35-33-31-29-27-25-23-20-18-16-14-12-10-8-2)48-134-88-78(126)76(124)81(64(46-106)137-88)140-90-79(127)86(82(65(47-107)138-90)141-87-53(37-49(3)108)80(72(120)61(43-103)135-87)139-89-77(125)75(123)71(119)60(42-102)136-89)147-96(93(132)133)40-58(115)69(99-52(6)111)85(146-96)74(122)63(45-105)143-95(92(130)131)39-57(114)68(98-51(5)110)84(145-95)73(121)62(44-104)142-94(91(128)129)38-56(113)67(97-50(4)109)83(144-94)70(118)59(116)41-101/h21-22,53-65,67-90,101-107,112-116,118-127H,7-20,23-48H2,1-6H3,(H,97,109)(H,98,110)(H,99,111)(H,100,117)(H,128,129)(H,130,131)(H,132,133)/b22-21-/t53-,54+,55-,56+,57+,58+,59-,60-,61-,62-,63-,64-,65-,67-,68-,69-,70-,71+,72+,73-,74-,75+,76-,77-,78-,79-,80-,81-,82+,83?,84?,85?,86-,87+,88-,89+,90+,94-,95-,96+/m1/s1. The molecule has 7 saturated heterocycles. The number of nitrogens with one attached hydrogen (secondary N) is 4. The summed E-state index contributed by atoms with van der Waals surface area (Å²) in [4.78, 5) is 108. The van der Waals surface area contributed by atoms with Crippen molar-refractivity contribution in [2.75, 3.05) is 52.9 Å². The van der Waals surface area contributed by atoms with Crippen LogP contribution in [0.4, 0.5) is 0 Å². The van der Waals surface area contributed by atoms with Crippen LogP contribution in [0.25, 0.3) is 0 Å². The number of allylic oxidation sites excluding steroid dienone is 2. The SMILES string of the molecule is CCCCCCCC/C=C\CCCCCCCC(=O)N[C@@H](CO[C@@H]1O[C@H](CO)[C@@H](O[C@@H]2O[C@H](CO)[C@H](O[C@@H]3O[C@H](CO)[C@H](O)[C@H](O[C@@H]4O[C@H](CO)[C@H](O)[C@H](O)[C@H]4O)[C@H]3CC(C)=O)[C@H](O[C@]3(C(=O)O)C[C@H](O)[C@@H](NC(C)=O)C([C@H](O)[C@@H](CO)O[C@]4(C(=O)O)C[C@H](O)[C@@H](NC(C)=O)C([C@H](O)[C@@H](CO)O[C@]5(C(=O)O)C[C@H](O)[C@@H](NC(C)=O)C([C@H](O)[C@H](O)CO)O5)O4)O3)[C@H]2O)[C@H](O)[C@H]1O)[C@H](O)CCCCCCCCCCCCCCC. The third kappa shape index (κ3) is 36.2. The van der Waals surface area contributed by atoms with Crippen molar-refractivity contribution in [3.05, 3.63) is 12.2 Å². The number of hydrogen-bond acceptors (Lipinski definition) is 44. The number of aliphatic hydroxyl groups excluding tert-OH is 22. The van der Waals surface area contributed by atoms with Crippen molar-refractivity contribution < 1.29 is 232 Å². The molecule has 0 aromatic rings. The van der Waals surface area contributed by atoms with Crippen LogP contribution in [-0.4, -0.2) is 465 Å². The zero-order valence-electron chi connectivity index (χ0n) is 84.5. The maximum absolute atomic E-state index is 14.7. The molecule has 51 heteroatoms. The normalized spacial score (nSPS) is 35.5. The van der Waals surface area contributed by atoms with Crippen LogP contribution in [0.15, 0.2) is 12.2 Å². The van der Waals surface area contributed by atoms with E-state index in [4.69, 9.17) is 66.3 Å². The van der Waals surface area contributed by atoms with Gasteiger partial charge in [0, 0.05) is 58.8 Å². The van der Waals surface area contributed by atoms with Crippen LogP contribution >= 0.6 is 0 Å². The van der Waals surface area contributed by atoms with Crippen molar-refractivity contribution in [3.63, 3.8) is 0 Å². The first kappa shape index (κ1) is 128. The number of aliphatic carboxylic acids is 3. The molecule has 7 aliphatic rings. The predicted molar refractivity (Wildman–Crippen MR) is 502 cm³/mol. The van der Waals surface area contributed by atoms with Gasteiger partial charge in [-0.05, 0) is 45.4 Å². The fraction of sp³-hybridized carbons (Fsp3) is 0.896. The summed E-state index contributed by atoms with van der Waals surface area (Å²) in [7, 11) is 0. The molecule has 7 heterocycles. The molecule has 0 saturated carbocycles. The number of unbranched alkanes of at least 4 members (excludes halogenated alkanes) is 23. The fourth-order valence-electron chi connectivity index (χ4n) is 19.7. The van der Waals surface area contributed by atoms with E-state index in [9.17, 15) is 166 Å². The maximum atomic E-state index is 14.7. The number of rotatable bonds is 67. The van der Waals surface area contributed by atoms with Crippen molar-refractivity contribution in [2.24, 2.45) is 5.92 Å². The van der Waals surface area contributed by atoms with Gasteiger partial charge in [0.1, 0.15) is 146 Å². The minimum atomic E-state index is -3.81. The van der Waals surface area contributed by atoms with Gasteiger partial charge in [-0.15, -0.1) is 0 Å². The van der Waals surface area contributed by atoms with Gasteiger partial charge in [-0.25, -0.2) is 14.4 Å². The molecule has 852 valence electrons. The third-order valence-corrected chi connectivity index (χ3v) is 27.9. The molecule has 147 heavy (non-hydrogen) atoms. The smallest absolute Gasteiger partial charge is 0.364 e. The zero-order valence-corrected chi connectivity index (χ0v) is 84.5. The highest BCUT2D eigenvalue weighted by Gasteiger charge is 2.66. The Kier molecular flexibility index (Phi) is 55.2. The number of carbonyl (C=O) groups is 8. The third-order valence-electron chi connectivity index (χ3n) is 27.9. The summed E-state index contributed by atoms with van der Waals surface area (Å²) in [5, 5.41) is 296. The molecular weight excluding hydrogens is 1960 g/mol. The van der Waals surface area contributed by atoms with Crippen molar-refractivity contribution in [3.8, 4) is 0 Å². The molecular formula is C96H166N4O47. The van der Waals surface area contributed by atoms with Gasteiger partial charge in [0.25, 0.3) is 17.4 Å². The van der Waals surface area contributed by atoms with Gasteiger partial charge in [-0.1, -0.05) is 161 Å². The molecule has 7 rings (SSSR count). The number of hydrogen-bond donors (Lipinski definition) is 29. The van der Waals surface area contributed by atoms with E-state index in [1.807, 2.05) is 0 Å². The van der Waals surface area contributed by atoms with E-state index >= 15 is 0 Å². The molecule has 29 N–H and O–H groups in total. The van der Waals surface area contributed by atoms with E-state index in [2.05, 4.69) is 47.3 Å². The van der Waals surface area contributed by atoms with E-state index in [0.29, 0.717) is 12.8 Å². The molecule has 0 bridgehead atoms. The Morgan fingerprint density at radius 2 is 0.755 bits per heavy atom. The van der Waals surface area contributed by atoms with Crippen molar-refractivity contribution in [1.82, 2.24) is 21.3 Å². The fourth-order valence-corrected chi connectivity index (χ4v) is 19.7. The number of ether oxygens (including phenoxy) is 14. The van der Waals surface area contributed by atoms with Gasteiger partial charge in [0.05, 0.1) is 108 Å². The second-order valence-electron chi connectivity index (χ2n) is 39.5. The van der Waals surface area contributed by atoms with Crippen LogP contribution in [0.5, 0.6) is 0 Å².